The zero-order chi connectivity index (χ0) is 14.7. The van der Waals surface area contributed by atoms with Crippen molar-refractivity contribution >= 4 is 0 Å². The largest absolute Gasteiger partial charge is 0.334 e. The van der Waals surface area contributed by atoms with Crippen molar-refractivity contribution in [1.29, 1.82) is 0 Å². The van der Waals surface area contributed by atoms with Crippen molar-refractivity contribution in [2.45, 2.75) is 19.4 Å². The lowest BCUT2D eigenvalue weighted by molar-refractivity contribution is 0.418. The van der Waals surface area contributed by atoms with E-state index in [1.165, 1.54) is 0 Å². The molecular formula is C13H15N7O. The van der Waals surface area contributed by atoms with Gasteiger partial charge in [0.15, 0.2) is 5.82 Å². The van der Waals surface area contributed by atoms with E-state index in [-0.39, 0.29) is 0 Å². The van der Waals surface area contributed by atoms with Crippen LogP contribution in [-0.4, -0.2) is 43.4 Å². The van der Waals surface area contributed by atoms with E-state index in [1.54, 1.807) is 11.0 Å². The van der Waals surface area contributed by atoms with Crippen LogP contribution in [0.3, 0.4) is 0 Å². The molecule has 8 heteroatoms. The van der Waals surface area contributed by atoms with E-state index in [9.17, 15) is 0 Å². The molecule has 1 unspecified atom stereocenters. The minimum atomic E-state index is 0.303. The molecule has 0 bridgehead atoms. The molecule has 0 saturated carbocycles. The molecule has 0 fully saturated rings. The van der Waals surface area contributed by atoms with Gasteiger partial charge in [-0.05, 0) is 48.7 Å². The van der Waals surface area contributed by atoms with Crippen LogP contribution >= 0.6 is 0 Å². The Morgan fingerprint density at radius 1 is 1.29 bits per heavy atom. The van der Waals surface area contributed by atoms with Crippen molar-refractivity contribution in [2.75, 3.05) is 7.05 Å². The van der Waals surface area contributed by atoms with E-state index in [4.69, 9.17) is 4.52 Å². The van der Waals surface area contributed by atoms with E-state index < -0.39 is 0 Å². The van der Waals surface area contributed by atoms with Crippen LogP contribution in [0.4, 0.5) is 0 Å². The molecule has 2 aromatic heterocycles. The van der Waals surface area contributed by atoms with Gasteiger partial charge in [0, 0.05) is 18.0 Å². The number of nitrogens with zero attached hydrogens (tertiary/aromatic N) is 6. The molecule has 8 nitrogen and oxygen atoms in total. The van der Waals surface area contributed by atoms with Crippen molar-refractivity contribution < 1.29 is 4.52 Å². The van der Waals surface area contributed by atoms with Gasteiger partial charge in [-0.25, -0.2) is 4.68 Å². The molecule has 1 aromatic carbocycles. The SMILES string of the molecule is CNC(C)Cc1noc(-c2ccc(-n3cnnn3)cc2)n1. The fraction of sp³-hybridized carbons (Fsp3) is 0.308. The second kappa shape index (κ2) is 5.80. The molecule has 0 spiro atoms. The third kappa shape index (κ3) is 2.95. The number of hydrogen-bond donors (Lipinski definition) is 1. The van der Waals surface area contributed by atoms with Crippen molar-refractivity contribution in [3.63, 3.8) is 0 Å². The Labute approximate surface area is 121 Å². The molecule has 1 N–H and O–H groups in total. The van der Waals surface area contributed by atoms with E-state index in [0.717, 1.165) is 17.7 Å². The summed E-state index contributed by atoms with van der Waals surface area (Å²) in [5.41, 5.74) is 1.73. The third-order valence-corrected chi connectivity index (χ3v) is 3.18. The first kappa shape index (κ1) is 13.4. The number of nitrogens with one attached hydrogen (secondary N) is 1. The average Bonchev–Trinajstić information content (AvgIpc) is 3.19. The number of tetrazole rings is 1. The normalized spacial score (nSPS) is 12.5. The minimum Gasteiger partial charge on any atom is -0.334 e. The Kier molecular flexibility index (Phi) is 3.69. The number of aromatic nitrogens is 6. The minimum absolute atomic E-state index is 0.303. The molecular weight excluding hydrogens is 270 g/mol. The van der Waals surface area contributed by atoms with E-state index in [0.29, 0.717) is 17.8 Å². The topological polar surface area (TPSA) is 94.6 Å². The summed E-state index contributed by atoms with van der Waals surface area (Å²) in [5.74, 6) is 1.20. The van der Waals surface area contributed by atoms with Crippen LogP contribution in [-0.2, 0) is 6.42 Å². The van der Waals surface area contributed by atoms with Gasteiger partial charge in [-0.3, -0.25) is 0 Å². The molecule has 21 heavy (non-hydrogen) atoms. The van der Waals surface area contributed by atoms with E-state index in [2.05, 4.69) is 37.9 Å². The number of rotatable bonds is 5. The summed E-state index contributed by atoms with van der Waals surface area (Å²) in [5, 5.41) is 18.2. The standard InChI is InChI=1S/C13H15N7O/c1-9(14-2)7-12-16-13(21-17-12)10-3-5-11(6-4-10)20-8-15-18-19-20/h3-6,8-9,14H,7H2,1-2H3. The predicted octanol–water partition coefficient (Wildman–Crippen LogP) is 0.863. The zero-order valence-electron chi connectivity index (χ0n) is 11.8. The first-order valence-electron chi connectivity index (χ1n) is 6.60. The lowest BCUT2D eigenvalue weighted by atomic mass is 10.2. The van der Waals surface area contributed by atoms with Gasteiger partial charge < -0.3 is 9.84 Å². The number of benzene rings is 1. The van der Waals surface area contributed by atoms with Gasteiger partial charge in [-0.15, -0.1) is 5.10 Å². The van der Waals surface area contributed by atoms with Crippen molar-refractivity contribution in [1.82, 2.24) is 35.7 Å². The smallest absolute Gasteiger partial charge is 0.257 e. The maximum absolute atomic E-state index is 5.29. The van der Waals surface area contributed by atoms with Crippen LogP contribution in [0.1, 0.15) is 12.7 Å². The highest BCUT2D eigenvalue weighted by Crippen LogP contribution is 2.19. The van der Waals surface area contributed by atoms with E-state index >= 15 is 0 Å². The summed E-state index contributed by atoms with van der Waals surface area (Å²) in [4.78, 5) is 4.40. The van der Waals surface area contributed by atoms with Crippen LogP contribution in [0, 0.1) is 0 Å². The van der Waals surface area contributed by atoms with E-state index in [1.807, 2.05) is 31.3 Å². The Balaban J connectivity index is 1.78. The van der Waals surface area contributed by atoms with Gasteiger partial charge in [0.2, 0.25) is 0 Å². The van der Waals surface area contributed by atoms with Gasteiger partial charge in [0.1, 0.15) is 6.33 Å². The van der Waals surface area contributed by atoms with Crippen molar-refractivity contribution in [3.8, 4) is 17.1 Å². The molecule has 3 rings (SSSR count). The molecule has 0 aliphatic rings. The summed E-state index contributed by atoms with van der Waals surface area (Å²) >= 11 is 0. The summed E-state index contributed by atoms with van der Waals surface area (Å²) in [6, 6.07) is 7.89. The first-order valence-corrected chi connectivity index (χ1v) is 6.60. The van der Waals surface area contributed by atoms with Gasteiger partial charge in [0.25, 0.3) is 5.89 Å². The number of hydrogen-bond acceptors (Lipinski definition) is 7. The van der Waals surface area contributed by atoms with Gasteiger partial charge in [-0.2, -0.15) is 4.98 Å². The Hall–Kier alpha value is -2.61. The lowest BCUT2D eigenvalue weighted by Gasteiger charge is -2.04. The van der Waals surface area contributed by atoms with Crippen LogP contribution in [0.25, 0.3) is 17.1 Å². The highest BCUT2D eigenvalue weighted by Gasteiger charge is 2.11. The van der Waals surface area contributed by atoms with Crippen LogP contribution in [0.2, 0.25) is 0 Å². The second-order valence-corrected chi connectivity index (χ2v) is 4.71. The Bertz CT molecular complexity index is 690. The quantitative estimate of drug-likeness (QED) is 0.743. The maximum Gasteiger partial charge on any atom is 0.257 e. The fourth-order valence-corrected chi connectivity index (χ4v) is 1.87. The van der Waals surface area contributed by atoms with Gasteiger partial charge in [-0.1, -0.05) is 5.16 Å². The molecule has 0 saturated heterocycles. The summed E-state index contributed by atoms with van der Waals surface area (Å²) < 4.78 is 6.87. The fourth-order valence-electron chi connectivity index (χ4n) is 1.87. The highest BCUT2D eigenvalue weighted by atomic mass is 16.5. The maximum atomic E-state index is 5.29. The zero-order valence-corrected chi connectivity index (χ0v) is 11.8. The van der Waals surface area contributed by atoms with Gasteiger partial charge in [0.05, 0.1) is 5.69 Å². The first-order chi connectivity index (χ1) is 10.3. The summed E-state index contributed by atoms with van der Waals surface area (Å²) in [6.45, 7) is 2.07. The predicted molar refractivity (Wildman–Crippen MR) is 74.7 cm³/mol. The summed E-state index contributed by atoms with van der Waals surface area (Å²) in [7, 11) is 1.91. The third-order valence-electron chi connectivity index (χ3n) is 3.18. The molecule has 2 heterocycles. The molecule has 1 atom stereocenters. The Morgan fingerprint density at radius 2 is 2.10 bits per heavy atom. The monoisotopic (exact) mass is 285 g/mol. The lowest BCUT2D eigenvalue weighted by Crippen LogP contribution is -2.24. The molecule has 108 valence electrons. The molecule has 3 aromatic rings. The molecule has 0 radical (unpaired) electrons. The van der Waals surface area contributed by atoms with Crippen molar-refractivity contribution in [3.05, 3.63) is 36.4 Å². The summed E-state index contributed by atoms with van der Waals surface area (Å²) in [6.07, 6.45) is 2.27. The molecule has 0 aliphatic heterocycles. The Morgan fingerprint density at radius 3 is 2.76 bits per heavy atom. The van der Waals surface area contributed by atoms with Crippen molar-refractivity contribution in [2.24, 2.45) is 0 Å². The molecule has 0 amide bonds. The highest BCUT2D eigenvalue weighted by molar-refractivity contribution is 5.55. The second-order valence-electron chi connectivity index (χ2n) is 4.71. The number of likely N-dealkylation sites (N-methyl/N-ethyl adjacent to an activating group) is 1. The van der Waals surface area contributed by atoms with Crippen LogP contribution < -0.4 is 5.32 Å². The van der Waals surface area contributed by atoms with Gasteiger partial charge >= 0.3 is 0 Å². The average molecular weight is 285 g/mol. The van der Waals surface area contributed by atoms with Crippen LogP contribution in [0.15, 0.2) is 35.1 Å². The molecule has 0 aliphatic carbocycles. The van der Waals surface area contributed by atoms with Crippen LogP contribution in [0.5, 0.6) is 0 Å².